The van der Waals surface area contributed by atoms with E-state index in [2.05, 4.69) is 16.0 Å². The number of carbonyl (C=O) groups is 1. The summed E-state index contributed by atoms with van der Waals surface area (Å²) >= 11 is 1.69. The number of thiophene rings is 1. The van der Waals surface area contributed by atoms with Crippen molar-refractivity contribution in [2.75, 3.05) is 5.32 Å². The van der Waals surface area contributed by atoms with Gasteiger partial charge in [-0.15, -0.1) is 11.3 Å². The van der Waals surface area contributed by atoms with Gasteiger partial charge in [-0.2, -0.15) is 0 Å². The standard InChI is InChI=1S/C19H19FN2OS/c1-12-6-7-18(17(20)9-12)21-19(23)16-10-13(2)22(14(16)3)11-15-5-4-8-24-15/h4-10H,11H2,1-3H3,(H,21,23). The molecule has 0 radical (unpaired) electrons. The van der Waals surface area contributed by atoms with Crippen molar-refractivity contribution in [2.45, 2.75) is 27.3 Å². The van der Waals surface area contributed by atoms with Gasteiger partial charge in [-0.05, 0) is 56.0 Å². The van der Waals surface area contributed by atoms with Gasteiger partial charge in [0.2, 0.25) is 0 Å². The van der Waals surface area contributed by atoms with E-state index in [1.54, 1.807) is 23.5 Å². The molecule has 0 aliphatic heterocycles. The van der Waals surface area contributed by atoms with Crippen LogP contribution in [0.3, 0.4) is 0 Å². The summed E-state index contributed by atoms with van der Waals surface area (Å²) in [6.07, 6.45) is 0. The van der Waals surface area contributed by atoms with Gasteiger partial charge in [-0.25, -0.2) is 4.39 Å². The van der Waals surface area contributed by atoms with E-state index in [0.717, 1.165) is 23.5 Å². The van der Waals surface area contributed by atoms with Crippen molar-refractivity contribution >= 4 is 22.9 Å². The van der Waals surface area contributed by atoms with Crippen LogP contribution in [0.4, 0.5) is 10.1 Å². The van der Waals surface area contributed by atoms with Gasteiger partial charge in [0, 0.05) is 16.3 Å². The van der Waals surface area contributed by atoms with Crippen molar-refractivity contribution in [1.82, 2.24) is 4.57 Å². The topological polar surface area (TPSA) is 34.0 Å². The summed E-state index contributed by atoms with van der Waals surface area (Å²) in [6.45, 7) is 6.44. The molecule has 0 saturated heterocycles. The first-order chi connectivity index (χ1) is 11.5. The number of halogens is 1. The number of benzene rings is 1. The summed E-state index contributed by atoms with van der Waals surface area (Å²) in [6, 6.07) is 10.7. The molecule has 3 rings (SSSR count). The Morgan fingerprint density at radius 3 is 2.67 bits per heavy atom. The van der Waals surface area contributed by atoms with Crippen LogP contribution < -0.4 is 5.32 Å². The predicted octanol–water partition coefficient (Wildman–Crippen LogP) is 4.91. The average Bonchev–Trinajstić information content (AvgIpc) is 3.14. The molecule has 24 heavy (non-hydrogen) atoms. The molecule has 3 aromatic rings. The van der Waals surface area contributed by atoms with Gasteiger partial charge >= 0.3 is 0 Å². The minimum Gasteiger partial charge on any atom is -0.343 e. The lowest BCUT2D eigenvalue weighted by atomic mass is 10.2. The number of hydrogen-bond acceptors (Lipinski definition) is 2. The van der Waals surface area contributed by atoms with E-state index < -0.39 is 5.82 Å². The molecule has 1 N–H and O–H groups in total. The number of hydrogen-bond donors (Lipinski definition) is 1. The summed E-state index contributed by atoms with van der Waals surface area (Å²) in [5, 5.41) is 4.71. The Kier molecular flexibility index (Phi) is 4.53. The van der Waals surface area contributed by atoms with Crippen LogP contribution >= 0.6 is 11.3 Å². The molecular weight excluding hydrogens is 323 g/mol. The number of amides is 1. The molecule has 3 nitrogen and oxygen atoms in total. The maximum Gasteiger partial charge on any atom is 0.257 e. The highest BCUT2D eigenvalue weighted by molar-refractivity contribution is 7.09. The fraction of sp³-hybridized carbons (Fsp3) is 0.211. The van der Waals surface area contributed by atoms with Gasteiger partial charge in [-0.3, -0.25) is 4.79 Å². The van der Waals surface area contributed by atoms with Crippen LogP contribution in [0, 0.1) is 26.6 Å². The van der Waals surface area contributed by atoms with Crippen LogP contribution in [0.1, 0.15) is 32.2 Å². The Balaban J connectivity index is 1.85. The van der Waals surface area contributed by atoms with Crippen molar-refractivity contribution < 1.29 is 9.18 Å². The lowest BCUT2D eigenvalue weighted by molar-refractivity contribution is 0.102. The fourth-order valence-corrected chi connectivity index (χ4v) is 3.44. The third-order valence-electron chi connectivity index (χ3n) is 4.09. The van der Waals surface area contributed by atoms with E-state index in [4.69, 9.17) is 0 Å². The van der Waals surface area contributed by atoms with Crippen molar-refractivity contribution in [3.63, 3.8) is 0 Å². The van der Waals surface area contributed by atoms with Crippen LogP contribution in [0.5, 0.6) is 0 Å². The van der Waals surface area contributed by atoms with E-state index in [-0.39, 0.29) is 11.6 Å². The zero-order valence-electron chi connectivity index (χ0n) is 13.9. The first kappa shape index (κ1) is 16.5. The zero-order valence-corrected chi connectivity index (χ0v) is 14.7. The number of nitrogens with one attached hydrogen (secondary N) is 1. The number of rotatable bonds is 4. The highest BCUT2D eigenvalue weighted by atomic mass is 32.1. The average molecular weight is 342 g/mol. The molecule has 0 spiro atoms. The molecular formula is C19H19FN2OS. The van der Waals surface area contributed by atoms with E-state index >= 15 is 0 Å². The number of nitrogens with zero attached hydrogens (tertiary/aromatic N) is 1. The van der Waals surface area contributed by atoms with Crippen molar-refractivity contribution in [3.8, 4) is 0 Å². The van der Waals surface area contributed by atoms with Gasteiger partial charge in [0.25, 0.3) is 5.91 Å². The van der Waals surface area contributed by atoms with Gasteiger partial charge in [0.05, 0.1) is 17.8 Å². The Morgan fingerprint density at radius 2 is 2.00 bits per heavy atom. The van der Waals surface area contributed by atoms with Crippen LogP contribution in [-0.4, -0.2) is 10.5 Å². The maximum atomic E-state index is 13.9. The molecule has 0 aliphatic rings. The second-order valence-corrected chi connectivity index (χ2v) is 6.92. The molecule has 1 amide bonds. The highest BCUT2D eigenvalue weighted by Crippen LogP contribution is 2.21. The minimum absolute atomic E-state index is 0.202. The molecule has 2 aromatic heterocycles. The Morgan fingerprint density at radius 1 is 1.21 bits per heavy atom. The molecule has 0 fully saturated rings. The number of aryl methyl sites for hydroxylation is 2. The second kappa shape index (κ2) is 6.61. The van der Waals surface area contributed by atoms with E-state index in [9.17, 15) is 9.18 Å². The third kappa shape index (κ3) is 3.26. The quantitative estimate of drug-likeness (QED) is 0.718. The second-order valence-electron chi connectivity index (χ2n) is 5.89. The van der Waals surface area contributed by atoms with Crippen LogP contribution in [0.2, 0.25) is 0 Å². The number of anilines is 1. The monoisotopic (exact) mass is 342 g/mol. The zero-order chi connectivity index (χ0) is 17.3. The predicted molar refractivity (Wildman–Crippen MR) is 96.4 cm³/mol. The summed E-state index contributed by atoms with van der Waals surface area (Å²) in [7, 11) is 0. The molecule has 0 bridgehead atoms. The largest absolute Gasteiger partial charge is 0.343 e. The number of carbonyl (C=O) groups excluding carboxylic acids is 1. The Labute approximate surface area is 144 Å². The summed E-state index contributed by atoms with van der Waals surface area (Å²) in [4.78, 5) is 13.8. The van der Waals surface area contributed by atoms with Gasteiger partial charge in [0.15, 0.2) is 0 Å². The highest BCUT2D eigenvalue weighted by Gasteiger charge is 2.17. The lowest BCUT2D eigenvalue weighted by Gasteiger charge is -2.09. The van der Waals surface area contributed by atoms with Gasteiger partial charge < -0.3 is 9.88 Å². The third-order valence-corrected chi connectivity index (χ3v) is 4.95. The molecule has 0 aliphatic carbocycles. The first-order valence-electron chi connectivity index (χ1n) is 7.72. The smallest absolute Gasteiger partial charge is 0.257 e. The molecule has 2 heterocycles. The van der Waals surface area contributed by atoms with Crippen molar-refractivity contribution in [3.05, 3.63) is 75.0 Å². The number of aromatic nitrogens is 1. The SMILES string of the molecule is Cc1ccc(NC(=O)c2cc(C)n(Cc3cccs3)c2C)c(F)c1. The van der Waals surface area contributed by atoms with Crippen molar-refractivity contribution in [1.29, 1.82) is 0 Å². The molecule has 124 valence electrons. The molecule has 0 atom stereocenters. The van der Waals surface area contributed by atoms with E-state index in [1.807, 2.05) is 38.3 Å². The Bertz CT molecular complexity index is 881. The maximum absolute atomic E-state index is 13.9. The van der Waals surface area contributed by atoms with Crippen LogP contribution in [-0.2, 0) is 6.54 Å². The Hall–Kier alpha value is -2.40. The minimum atomic E-state index is -0.421. The van der Waals surface area contributed by atoms with Crippen LogP contribution in [0.15, 0.2) is 41.8 Å². The van der Waals surface area contributed by atoms with Gasteiger partial charge in [-0.1, -0.05) is 12.1 Å². The summed E-state index contributed by atoms with van der Waals surface area (Å²) in [5.41, 5.74) is 3.48. The molecule has 0 unspecified atom stereocenters. The molecule has 0 saturated carbocycles. The van der Waals surface area contributed by atoms with E-state index in [0.29, 0.717) is 5.56 Å². The molecule has 1 aromatic carbocycles. The first-order valence-corrected chi connectivity index (χ1v) is 8.60. The van der Waals surface area contributed by atoms with Crippen LogP contribution in [0.25, 0.3) is 0 Å². The van der Waals surface area contributed by atoms with Crippen molar-refractivity contribution in [2.24, 2.45) is 0 Å². The van der Waals surface area contributed by atoms with Gasteiger partial charge in [0.1, 0.15) is 5.82 Å². The normalized spacial score (nSPS) is 10.8. The van der Waals surface area contributed by atoms with E-state index in [1.165, 1.54) is 10.9 Å². The molecule has 5 heteroatoms. The summed E-state index contributed by atoms with van der Waals surface area (Å²) < 4.78 is 16.0. The fourth-order valence-electron chi connectivity index (χ4n) is 2.74. The lowest BCUT2D eigenvalue weighted by Crippen LogP contribution is -2.14. The summed E-state index contributed by atoms with van der Waals surface area (Å²) in [5.74, 6) is -0.709.